The van der Waals surface area contributed by atoms with Gasteiger partial charge < -0.3 is 10.4 Å². The standard InChI is InChI=1S/C14H14N4O2S/c1-7-8(12(19)9-6-16-18(3)13(9)20)4-5-10-11(7)17-14(15-2)21-10/h4-6,20H,1-3H3,(H,15,17). The summed E-state index contributed by atoms with van der Waals surface area (Å²) in [6.07, 6.45) is 1.38. The zero-order valence-electron chi connectivity index (χ0n) is 11.8. The van der Waals surface area contributed by atoms with E-state index in [9.17, 15) is 9.90 Å². The molecule has 108 valence electrons. The smallest absolute Gasteiger partial charge is 0.220 e. The third-order valence-corrected chi connectivity index (χ3v) is 4.46. The van der Waals surface area contributed by atoms with Gasteiger partial charge >= 0.3 is 0 Å². The van der Waals surface area contributed by atoms with Gasteiger partial charge in [0.1, 0.15) is 5.56 Å². The van der Waals surface area contributed by atoms with Crippen LogP contribution in [0.15, 0.2) is 18.3 Å². The van der Waals surface area contributed by atoms with Gasteiger partial charge in [-0.05, 0) is 24.6 Å². The van der Waals surface area contributed by atoms with E-state index in [2.05, 4.69) is 15.4 Å². The minimum absolute atomic E-state index is 0.131. The van der Waals surface area contributed by atoms with Crippen LogP contribution in [0, 0.1) is 6.92 Å². The molecular formula is C14H14N4O2S. The Morgan fingerprint density at radius 3 is 2.76 bits per heavy atom. The van der Waals surface area contributed by atoms with Crippen molar-refractivity contribution in [3.05, 3.63) is 35.0 Å². The highest BCUT2D eigenvalue weighted by atomic mass is 32.1. The van der Waals surface area contributed by atoms with Crippen LogP contribution < -0.4 is 5.32 Å². The van der Waals surface area contributed by atoms with Gasteiger partial charge in [-0.15, -0.1) is 0 Å². The first-order chi connectivity index (χ1) is 10.0. The van der Waals surface area contributed by atoms with Gasteiger partial charge in [0.25, 0.3) is 0 Å². The Kier molecular flexibility index (Phi) is 3.13. The average Bonchev–Trinajstić information content (AvgIpc) is 3.04. The predicted octanol–water partition coefficient (Wildman–Crippen LogP) is 2.32. The number of rotatable bonds is 3. The molecule has 0 atom stereocenters. The fourth-order valence-electron chi connectivity index (χ4n) is 2.21. The summed E-state index contributed by atoms with van der Waals surface area (Å²) in [5, 5.41) is 17.6. The lowest BCUT2D eigenvalue weighted by atomic mass is 10.00. The highest BCUT2D eigenvalue weighted by Crippen LogP contribution is 2.31. The lowest BCUT2D eigenvalue weighted by Crippen LogP contribution is -2.03. The molecule has 0 amide bonds. The predicted molar refractivity (Wildman–Crippen MR) is 82.2 cm³/mol. The fraction of sp³-hybridized carbons (Fsp3) is 0.214. The molecule has 2 aromatic heterocycles. The highest BCUT2D eigenvalue weighted by molar-refractivity contribution is 7.22. The Balaban J connectivity index is 2.14. The van der Waals surface area contributed by atoms with Crippen molar-refractivity contribution in [2.24, 2.45) is 7.05 Å². The summed E-state index contributed by atoms with van der Waals surface area (Å²) in [4.78, 5) is 17.0. The molecule has 6 nitrogen and oxygen atoms in total. The van der Waals surface area contributed by atoms with E-state index < -0.39 is 0 Å². The largest absolute Gasteiger partial charge is 0.493 e. The first-order valence-corrected chi connectivity index (χ1v) is 7.18. The summed E-state index contributed by atoms with van der Waals surface area (Å²) < 4.78 is 2.28. The number of nitrogens with one attached hydrogen (secondary N) is 1. The summed E-state index contributed by atoms with van der Waals surface area (Å²) in [5.74, 6) is -0.382. The zero-order valence-corrected chi connectivity index (χ0v) is 12.7. The van der Waals surface area contributed by atoms with Crippen LogP contribution in [0.5, 0.6) is 5.88 Å². The maximum Gasteiger partial charge on any atom is 0.220 e. The minimum atomic E-state index is -0.251. The topological polar surface area (TPSA) is 80.0 Å². The van der Waals surface area contributed by atoms with Crippen LogP contribution in [0.25, 0.3) is 10.2 Å². The summed E-state index contributed by atoms with van der Waals surface area (Å²) in [6.45, 7) is 1.86. The van der Waals surface area contributed by atoms with E-state index in [0.29, 0.717) is 5.56 Å². The first kappa shape index (κ1) is 13.6. The van der Waals surface area contributed by atoms with Gasteiger partial charge in [-0.25, -0.2) is 9.67 Å². The average molecular weight is 302 g/mol. The van der Waals surface area contributed by atoms with Crippen LogP contribution in [0.2, 0.25) is 0 Å². The van der Waals surface area contributed by atoms with Crippen LogP contribution in [-0.4, -0.2) is 32.7 Å². The molecule has 3 aromatic rings. The summed E-state index contributed by atoms with van der Waals surface area (Å²) in [7, 11) is 3.40. The van der Waals surface area contributed by atoms with E-state index in [1.165, 1.54) is 22.2 Å². The van der Waals surface area contributed by atoms with Crippen LogP contribution in [0.4, 0.5) is 5.13 Å². The first-order valence-electron chi connectivity index (χ1n) is 6.36. The second kappa shape index (κ2) is 4.85. The Bertz CT molecular complexity index is 850. The number of aromatic hydroxyl groups is 1. The SMILES string of the molecule is CNc1nc2c(C)c(C(=O)c3cnn(C)c3O)ccc2s1. The van der Waals surface area contributed by atoms with Gasteiger partial charge in [0.05, 0.1) is 16.4 Å². The number of nitrogens with zero attached hydrogens (tertiary/aromatic N) is 3. The van der Waals surface area contributed by atoms with E-state index in [0.717, 1.165) is 20.9 Å². The second-order valence-corrected chi connectivity index (χ2v) is 5.72. The molecule has 0 fully saturated rings. The Morgan fingerprint density at radius 2 is 2.14 bits per heavy atom. The zero-order chi connectivity index (χ0) is 15.1. The van der Waals surface area contributed by atoms with Gasteiger partial charge in [-0.2, -0.15) is 5.10 Å². The van der Waals surface area contributed by atoms with Crippen LogP contribution in [-0.2, 0) is 7.05 Å². The Hall–Kier alpha value is -2.41. The van der Waals surface area contributed by atoms with E-state index in [1.54, 1.807) is 13.1 Å². The van der Waals surface area contributed by atoms with Crippen molar-refractivity contribution in [1.82, 2.24) is 14.8 Å². The van der Waals surface area contributed by atoms with Crippen molar-refractivity contribution in [2.45, 2.75) is 6.92 Å². The molecule has 0 unspecified atom stereocenters. The van der Waals surface area contributed by atoms with Crippen molar-refractivity contribution >= 4 is 32.5 Å². The number of fused-ring (bicyclic) bond motifs is 1. The van der Waals surface area contributed by atoms with Gasteiger partial charge in [0, 0.05) is 19.7 Å². The molecular weight excluding hydrogens is 288 g/mol. The normalized spacial score (nSPS) is 11.0. The molecule has 0 saturated heterocycles. The molecule has 21 heavy (non-hydrogen) atoms. The quantitative estimate of drug-likeness (QED) is 0.726. The molecule has 2 heterocycles. The van der Waals surface area contributed by atoms with Gasteiger partial charge in [0.15, 0.2) is 10.9 Å². The van der Waals surface area contributed by atoms with Gasteiger partial charge in [-0.3, -0.25) is 4.79 Å². The van der Waals surface area contributed by atoms with Crippen LogP contribution >= 0.6 is 11.3 Å². The molecule has 0 bridgehead atoms. The number of ketones is 1. The van der Waals surface area contributed by atoms with Crippen LogP contribution in [0.3, 0.4) is 0 Å². The summed E-state index contributed by atoms with van der Waals surface area (Å²) in [6, 6.07) is 3.64. The van der Waals surface area contributed by atoms with Crippen molar-refractivity contribution in [1.29, 1.82) is 0 Å². The van der Waals surface area contributed by atoms with Crippen molar-refractivity contribution < 1.29 is 9.90 Å². The lowest BCUT2D eigenvalue weighted by Gasteiger charge is -2.04. The number of carbonyl (C=O) groups is 1. The third-order valence-electron chi connectivity index (χ3n) is 3.42. The van der Waals surface area contributed by atoms with E-state index >= 15 is 0 Å². The van der Waals surface area contributed by atoms with Crippen molar-refractivity contribution in [3.8, 4) is 5.88 Å². The molecule has 7 heteroatoms. The second-order valence-electron chi connectivity index (χ2n) is 4.69. The van der Waals surface area contributed by atoms with Crippen LogP contribution in [0.1, 0.15) is 21.5 Å². The van der Waals surface area contributed by atoms with Gasteiger partial charge in [0.2, 0.25) is 5.88 Å². The lowest BCUT2D eigenvalue weighted by molar-refractivity contribution is 0.103. The maximum absolute atomic E-state index is 12.6. The Labute approximate surface area is 125 Å². The molecule has 2 N–H and O–H groups in total. The minimum Gasteiger partial charge on any atom is -0.493 e. The number of hydrogen-bond acceptors (Lipinski definition) is 6. The maximum atomic E-state index is 12.6. The number of thiazole rings is 1. The molecule has 1 aromatic carbocycles. The van der Waals surface area contributed by atoms with E-state index in [1.807, 2.05) is 20.0 Å². The monoisotopic (exact) mass is 302 g/mol. The molecule has 0 saturated carbocycles. The van der Waals surface area contributed by atoms with E-state index in [4.69, 9.17) is 0 Å². The number of benzene rings is 1. The summed E-state index contributed by atoms with van der Waals surface area (Å²) >= 11 is 1.54. The molecule has 3 rings (SSSR count). The molecule has 0 radical (unpaired) electrons. The van der Waals surface area contributed by atoms with Gasteiger partial charge in [-0.1, -0.05) is 11.3 Å². The number of aryl methyl sites for hydroxylation is 2. The fourth-order valence-corrected chi connectivity index (χ4v) is 3.09. The van der Waals surface area contributed by atoms with E-state index in [-0.39, 0.29) is 17.2 Å². The van der Waals surface area contributed by atoms with Crippen molar-refractivity contribution in [3.63, 3.8) is 0 Å². The number of carbonyl (C=O) groups excluding carboxylic acids is 1. The third kappa shape index (κ3) is 2.06. The number of aromatic nitrogens is 3. The number of hydrogen-bond donors (Lipinski definition) is 2. The molecule has 0 aliphatic rings. The highest BCUT2D eigenvalue weighted by Gasteiger charge is 2.20. The molecule has 0 spiro atoms. The summed E-state index contributed by atoms with van der Waals surface area (Å²) in [5.41, 5.74) is 2.33. The molecule has 0 aliphatic heterocycles. The Morgan fingerprint density at radius 1 is 1.38 bits per heavy atom. The van der Waals surface area contributed by atoms with Crippen molar-refractivity contribution in [2.75, 3.05) is 12.4 Å². The molecule has 0 aliphatic carbocycles. The number of anilines is 1.